The molecule has 0 unspecified atom stereocenters. The summed E-state index contributed by atoms with van der Waals surface area (Å²) in [5.41, 5.74) is 4.39. The summed E-state index contributed by atoms with van der Waals surface area (Å²) in [5.74, 6) is 0. The Hall–Kier alpha value is -2.53. The highest BCUT2D eigenvalue weighted by atomic mass is 14.9. The molecule has 1 heterocycles. The number of hydrogen-bond acceptors (Lipinski definition) is 1. The summed E-state index contributed by atoms with van der Waals surface area (Å²) in [7, 11) is 0. The molecule has 0 aliphatic carbocycles. The van der Waals surface area contributed by atoms with Crippen LogP contribution in [0.2, 0.25) is 0 Å². The van der Waals surface area contributed by atoms with Crippen LogP contribution in [0, 0.1) is 18.3 Å². The van der Waals surface area contributed by atoms with E-state index in [4.69, 9.17) is 5.26 Å². The fourth-order valence-electron chi connectivity index (χ4n) is 2.35. The molecule has 0 spiro atoms. The summed E-state index contributed by atoms with van der Waals surface area (Å²) >= 11 is 0. The summed E-state index contributed by atoms with van der Waals surface area (Å²) in [6.07, 6.45) is 2.05. The van der Waals surface area contributed by atoms with Crippen LogP contribution >= 0.6 is 0 Å². The second-order valence-corrected chi connectivity index (χ2v) is 4.78. The lowest BCUT2D eigenvalue weighted by atomic mass is 10.1. The first-order valence-corrected chi connectivity index (χ1v) is 6.31. The van der Waals surface area contributed by atoms with Gasteiger partial charge in [-0.05, 0) is 30.7 Å². The summed E-state index contributed by atoms with van der Waals surface area (Å²) < 4.78 is 2.18. The molecule has 92 valence electrons. The summed E-state index contributed by atoms with van der Waals surface area (Å²) in [4.78, 5) is 0. The van der Waals surface area contributed by atoms with E-state index < -0.39 is 0 Å². The maximum absolute atomic E-state index is 9.11. The zero-order valence-corrected chi connectivity index (χ0v) is 10.8. The summed E-state index contributed by atoms with van der Waals surface area (Å²) in [6, 6.07) is 18.7. The molecule has 0 atom stereocenters. The highest BCUT2D eigenvalue weighted by Gasteiger charge is 2.05. The van der Waals surface area contributed by atoms with E-state index in [2.05, 4.69) is 47.9 Å². The second-order valence-electron chi connectivity index (χ2n) is 4.78. The predicted molar refractivity (Wildman–Crippen MR) is 76.9 cm³/mol. The minimum Gasteiger partial charge on any atom is -0.343 e. The average molecular weight is 246 g/mol. The number of rotatable bonds is 2. The SMILES string of the molecule is Cc1ccc(Cn2ccc3c(C#N)cccc32)cc1. The number of aryl methyl sites for hydroxylation is 1. The fourth-order valence-corrected chi connectivity index (χ4v) is 2.35. The van der Waals surface area contributed by atoms with Gasteiger partial charge in [-0.25, -0.2) is 0 Å². The van der Waals surface area contributed by atoms with Gasteiger partial charge in [0.15, 0.2) is 0 Å². The second kappa shape index (κ2) is 4.62. The molecule has 1 aromatic heterocycles. The minimum absolute atomic E-state index is 0.736. The van der Waals surface area contributed by atoms with Gasteiger partial charge in [0.25, 0.3) is 0 Å². The number of hydrogen-bond donors (Lipinski definition) is 0. The molecule has 2 heteroatoms. The Morgan fingerprint density at radius 2 is 1.84 bits per heavy atom. The molecule has 3 rings (SSSR count). The van der Waals surface area contributed by atoms with Crippen LogP contribution in [0.3, 0.4) is 0 Å². The molecule has 0 aliphatic heterocycles. The molecule has 0 bridgehead atoms. The van der Waals surface area contributed by atoms with Crippen molar-refractivity contribution in [1.82, 2.24) is 4.57 Å². The van der Waals surface area contributed by atoms with Crippen LogP contribution < -0.4 is 0 Å². The number of benzene rings is 2. The van der Waals surface area contributed by atoms with Gasteiger partial charge in [0.05, 0.1) is 11.6 Å². The van der Waals surface area contributed by atoms with Gasteiger partial charge in [0.2, 0.25) is 0 Å². The third-order valence-electron chi connectivity index (χ3n) is 3.41. The van der Waals surface area contributed by atoms with Crippen molar-refractivity contribution in [1.29, 1.82) is 5.26 Å². The summed E-state index contributed by atoms with van der Waals surface area (Å²) in [6.45, 7) is 2.92. The zero-order chi connectivity index (χ0) is 13.2. The molecule has 2 nitrogen and oxygen atoms in total. The highest BCUT2D eigenvalue weighted by Crippen LogP contribution is 2.20. The van der Waals surface area contributed by atoms with Gasteiger partial charge in [-0.1, -0.05) is 35.9 Å². The molecule has 0 fully saturated rings. The molecular formula is C17H14N2. The Balaban J connectivity index is 2.02. The minimum atomic E-state index is 0.736. The van der Waals surface area contributed by atoms with Crippen molar-refractivity contribution in [3.63, 3.8) is 0 Å². The van der Waals surface area contributed by atoms with E-state index in [0.29, 0.717) is 0 Å². The van der Waals surface area contributed by atoms with E-state index in [9.17, 15) is 0 Å². The zero-order valence-electron chi connectivity index (χ0n) is 10.8. The number of nitrogens with zero attached hydrogens (tertiary/aromatic N) is 2. The van der Waals surface area contributed by atoms with E-state index in [1.165, 1.54) is 11.1 Å². The first kappa shape index (κ1) is 11.6. The largest absolute Gasteiger partial charge is 0.343 e. The monoisotopic (exact) mass is 246 g/mol. The van der Waals surface area contributed by atoms with E-state index in [1.54, 1.807) is 0 Å². The first-order chi connectivity index (χ1) is 9.28. The molecule has 0 aliphatic rings. The lowest BCUT2D eigenvalue weighted by molar-refractivity contribution is 0.836. The molecule has 0 N–H and O–H groups in total. The third-order valence-corrected chi connectivity index (χ3v) is 3.41. The Bertz CT molecular complexity index is 758. The molecule has 0 saturated carbocycles. The van der Waals surface area contributed by atoms with Gasteiger partial charge < -0.3 is 4.57 Å². The maximum atomic E-state index is 9.11. The van der Waals surface area contributed by atoms with Crippen LogP contribution in [0.1, 0.15) is 16.7 Å². The van der Waals surface area contributed by atoms with Gasteiger partial charge >= 0.3 is 0 Å². The smallest absolute Gasteiger partial charge is 0.0998 e. The van der Waals surface area contributed by atoms with Crippen LogP contribution in [-0.4, -0.2) is 4.57 Å². The summed E-state index contributed by atoms with van der Waals surface area (Å²) in [5, 5.41) is 10.1. The lowest BCUT2D eigenvalue weighted by Gasteiger charge is -2.06. The highest BCUT2D eigenvalue weighted by molar-refractivity contribution is 5.86. The van der Waals surface area contributed by atoms with Crippen molar-refractivity contribution in [3.8, 4) is 6.07 Å². The van der Waals surface area contributed by atoms with Gasteiger partial charge in [0.1, 0.15) is 0 Å². The van der Waals surface area contributed by atoms with Crippen molar-refractivity contribution >= 4 is 10.9 Å². The van der Waals surface area contributed by atoms with Crippen molar-refractivity contribution < 1.29 is 0 Å². The van der Waals surface area contributed by atoms with Gasteiger partial charge in [-0.15, -0.1) is 0 Å². The van der Waals surface area contributed by atoms with Crippen molar-refractivity contribution in [2.45, 2.75) is 13.5 Å². The van der Waals surface area contributed by atoms with Gasteiger partial charge in [-0.3, -0.25) is 0 Å². The van der Waals surface area contributed by atoms with Gasteiger partial charge in [0, 0.05) is 23.6 Å². The maximum Gasteiger partial charge on any atom is 0.0998 e. The normalized spacial score (nSPS) is 10.5. The molecule has 19 heavy (non-hydrogen) atoms. The van der Waals surface area contributed by atoms with Crippen molar-refractivity contribution in [3.05, 3.63) is 71.4 Å². The van der Waals surface area contributed by atoms with Crippen molar-refractivity contribution in [2.24, 2.45) is 0 Å². The lowest BCUT2D eigenvalue weighted by Crippen LogP contribution is -1.97. The number of fused-ring (bicyclic) bond motifs is 1. The van der Waals surface area contributed by atoms with Crippen LogP contribution in [-0.2, 0) is 6.54 Å². The van der Waals surface area contributed by atoms with E-state index in [0.717, 1.165) is 23.0 Å². The molecule has 0 saturated heterocycles. The predicted octanol–water partition coefficient (Wildman–Crippen LogP) is 3.87. The van der Waals surface area contributed by atoms with Crippen LogP contribution in [0.4, 0.5) is 0 Å². The Morgan fingerprint density at radius 3 is 2.58 bits per heavy atom. The first-order valence-electron chi connectivity index (χ1n) is 6.31. The van der Waals surface area contributed by atoms with E-state index in [1.807, 2.05) is 24.4 Å². The van der Waals surface area contributed by atoms with E-state index >= 15 is 0 Å². The Morgan fingerprint density at radius 1 is 1.05 bits per heavy atom. The Labute approximate surface area is 112 Å². The van der Waals surface area contributed by atoms with Crippen LogP contribution in [0.15, 0.2) is 54.7 Å². The molecule has 0 amide bonds. The van der Waals surface area contributed by atoms with Crippen LogP contribution in [0.25, 0.3) is 10.9 Å². The third kappa shape index (κ3) is 2.11. The fraction of sp³-hybridized carbons (Fsp3) is 0.118. The quantitative estimate of drug-likeness (QED) is 0.674. The molecule has 3 aromatic rings. The van der Waals surface area contributed by atoms with Crippen molar-refractivity contribution in [2.75, 3.05) is 0 Å². The average Bonchev–Trinajstić information content (AvgIpc) is 2.84. The number of nitriles is 1. The van der Waals surface area contributed by atoms with Gasteiger partial charge in [-0.2, -0.15) is 5.26 Å². The molecule has 0 radical (unpaired) electrons. The van der Waals surface area contributed by atoms with Crippen LogP contribution in [0.5, 0.6) is 0 Å². The molecular weight excluding hydrogens is 232 g/mol. The Kier molecular flexibility index (Phi) is 2.81. The molecule has 2 aromatic carbocycles. The number of aromatic nitrogens is 1. The topological polar surface area (TPSA) is 28.7 Å². The van der Waals surface area contributed by atoms with E-state index in [-0.39, 0.29) is 0 Å². The standard InChI is InChI=1S/C17H14N2/c1-13-5-7-14(8-6-13)12-19-10-9-16-15(11-18)3-2-4-17(16)19/h2-10H,12H2,1H3.